The zero-order valence-corrected chi connectivity index (χ0v) is 19.0. The molecule has 1 saturated carbocycles. The zero-order valence-electron chi connectivity index (χ0n) is 17.4. The second kappa shape index (κ2) is 9.76. The van der Waals surface area contributed by atoms with E-state index in [1.807, 2.05) is 23.9 Å². The number of piperidine rings is 1. The summed E-state index contributed by atoms with van der Waals surface area (Å²) < 4.78 is 5.79. The Kier molecular flexibility index (Phi) is 7.10. The minimum Gasteiger partial charge on any atom is -0.494 e. The minimum absolute atomic E-state index is 0.371. The van der Waals surface area contributed by atoms with Crippen molar-refractivity contribution in [1.82, 2.24) is 4.90 Å². The molecule has 0 amide bonds. The molecule has 2 nitrogen and oxygen atoms in total. The van der Waals surface area contributed by atoms with Crippen LogP contribution in [0.15, 0.2) is 53.4 Å². The maximum atomic E-state index is 6.28. The smallest absolute Gasteiger partial charge is 0.119 e. The lowest BCUT2D eigenvalue weighted by Gasteiger charge is -2.45. The van der Waals surface area contributed by atoms with Crippen molar-refractivity contribution in [2.24, 2.45) is 5.92 Å². The van der Waals surface area contributed by atoms with Crippen molar-refractivity contribution in [3.8, 4) is 5.75 Å². The average Bonchev–Trinajstić information content (AvgIpc) is 3.17. The van der Waals surface area contributed by atoms with E-state index >= 15 is 0 Å². The molecule has 0 spiro atoms. The Hall–Kier alpha value is -1.16. The average molecular weight is 430 g/mol. The van der Waals surface area contributed by atoms with Gasteiger partial charge in [0, 0.05) is 16.9 Å². The van der Waals surface area contributed by atoms with E-state index in [0.717, 1.165) is 29.0 Å². The van der Waals surface area contributed by atoms with Crippen molar-refractivity contribution >= 4 is 23.4 Å². The Balaban J connectivity index is 1.33. The summed E-state index contributed by atoms with van der Waals surface area (Å²) in [4.78, 5) is 3.91. The molecule has 2 aromatic carbocycles. The third-order valence-electron chi connectivity index (χ3n) is 6.74. The molecule has 2 unspecified atom stereocenters. The van der Waals surface area contributed by atoms with Crippen molar-refractivity contribution in [1.29, 1.82) is 0 Å². The number of likely N-dealkylation sites (tertiary alicyclic amines) is 1. The molecular formula is C25H32ClNOS. The number of rotatable bonds is 8. The van der Waals surface area contributed by atoms with Crippen LogP contribution in [0.25, 0.3) is 0 Å². The van der Waals surface area contributed by atoms with Gasteiger partial charge in [-0.3, -0.25) is 0 Å². The fourth-order valence-electron chi connectivity index (χ4n) is 5.32. The predicted octanol–water partition coefficient (Wildman–Crippen LogP) is 6.66. The van der Waals surface area contributed by atoms with E-state index < -0.39 is 0 Å². The summed E-state index contributed by atoms with van der Waals surface area (Å²) in [7, 11) is 0. The van der Waals surface area contributed by atoms with E-state index in [4.69, 9.17) is 16.3 Å². The quantitative estimate of drug-likeness (QED) is 0.343. The summed E-state index contributed by atoms with van der Waals surface area (Å²) in [6.07, 6.45) is 6.56. The highest BCUT2D eigenvalue weighted by molar-refractivity contribution is 7.99. The van der Waals surface area contributed by atoms with Gasteiger partial charge in [0.25, 0.3) is 0 Å². The molecule has 1 saturated heterocycles. The fourth-order valence-corrected chi connectivity index (χ4v) is 6.50. The second-order valence-electron chi connectivity index (χ2n) is 8.39. The van der Waals surface area contributed by atoms with Crippen LogP contribution in [-0.2, 0) is 5.41 Å². The maximum absolute atomic E-state index is 6.28. The van der Waals surface area contributed by atoms with E-state index in [9.17, 15) is 0 Å². The van der Waals surface area contributed by atoms with Crippen LogP contribution >= 0.6 is 23.4 Å². The lowest BCUT2D eigenvalue weighted by atomic mass is 9.67. The standard InChI is InChI=1S/C25H32ClNOS/c1-2-28-22-10-5-8-20(18-22)25-13-6-9-21(25)19-27(16-14-25)15-7-17-29-24-12-4-3-11-23(24)26/h3-5,8,10-12,18,21H,2,6-7,9,13-17,19H2,1H3. The van der Waals surface area contributed by atoms with Crippen LogP contribution in [0.2, 0.25) is 5.02 Å². The molecule has 0 radical (unpaired) electrons. The molecule has 2 fully saturated rings. The molecule has 0 aromatic heterocycles. The summed E-state index contributed by atoms with van der Waals surface area (Å²) in [5, 5.41) is 0.875. The molecular weight excluding hydrogens is 398 g/mol. The lowest BCUT2D eigenvalue weighted by Crippen LogP contribution is -2.47. The number of benzene rings is 2. The first-order valence-electron chi connectivity index (χ1n) is 11.0. The molecule has 0 N–H and O–H groups in total. The van der Waals surface area contributed by atoms with Gasteiger partial charge < -0.3 is 9.64 Å². The number of thioether (sulfide) groups is 1. The van der Waals surface area contributed by atoms with Gasteiger partial charge in [-0.1, -0.05) is 42.3 Å². The van der Waals surface area contributed by atoms with Crippen LogP contribution < -0.4 is 4.74 Å². The van der Waals surface area contributed by atoms with Gasteiger partial charge >= 0.3 is 0 Å². The highest BCUT2D eigenvalue weighted by atomic mass is 35.5. The molecule has 0 bridgehead atoms. The van der Waals surface area contributed by atoms with Crippen molar-refractivity contribution in [3.63, 3.8) is 0 Å². The van der Waals surface area contributed by atoms with Crippen molar-refractivity contribution in [2.45, 2.75) is 49.3 Å². The number of hydrogen-bond acceptors (Lipinski definition) is 3. The number of halogens is 1. The molecule has 2 aromatic rings. The van der Waals surface area contributed by atoms with E-state index in [2.05, 4.69) is 48.2 Å². The van der Waals surface area contributed by atoms with Crippen LogP contribution in [0.1, 0.15) is 44.6 Å². The number of fused-ring (bicyclic) bond motifs is 1. The Morgan fingerprint density at radius 1 is 1.17 bits per heavy atom. The molecule has 2 aliphatic rings. The van der Waals surface area contributed by atoms with Crippen LogP contribution in [0.5, 0.6) is 5.75 Å². The normalized spacial score (nSPS) is 24.4. The Morgan fingerprint density at radius 3 is 2.93 bits per heavy atom. The highest BCUT2D eigenvalue weighted by Crippen LogP contribution is 2.51. The topological polar surface area (TPSA) is 12.5 Å². The third kappa shape index (κ3) is 4.78. The molecule has 29 heavy (non-hydrogen) atoms. The zero-order chi connectivity index (χ0) is 20.1. The first kappa shape index (κ1) is 21.1. The van der Waals surface area contributed by atoms with Crippen molar-refractivity contribution < 1.29 is 4.74 Å². The summed E-state index contributed by atoms with van der Waals surface area (Å²) in [6, 6.07) is 17.1. The molecule has 1 aliphatic heterocycles. The van der Waals surface area contributed by atoms with Gasteiger partial charge in [-0.05, 0) is 87.2 Å². The summed E-state index contributed by atoms with van der Waals surface area (Å²) in [6.45, 7) is 6.45. The first-order valence-corrected chi connectivity index (χ1v) is 12.4. The maximum Gasteiger partial charge on any atom is 0.119 e. The van der Waals surface area contributed by atoms with Crippen LogP contribution in [0, 0.1) is 5.92 Å². The molecule has 4 heteroatoms. The second-order valence-corrected chi connectivity index (χ2v) is 9.93. The third-order valence-corrected chi connectivity index (χ3v) is 8.34. The molecule has 2 atom stereocenters. The SMILES string of the molecule is CCOc1cccc(C23CCCC2CN(CCCSc2ccccc2Cl)CC3)c1. The summed E-state index contributed by atoms with van der Waals surface area (Å²) in [5.74, 6) is 2.94. The molecule has 1 heterocycles. The van der Waals surface area contributed by atoms with Gasteiger partial charge in [0.15, 0.2) is 0 Å². The van der Waals surface area contributed by atoms with Crippen molar-refractivity contribution in [3.05, 3.63) is 59.1 Å². The Bertz CT molecular complexity index is 813. The van der Waals surface area contributed by atoms with Crippen molar-refractivity contribution in [2.75, 3.05) is 32.0 Å². The largest absolute Gasteiger partial charge is 0.494 e. The van der Waals surface area contributed by atoms with Crippen LogP contribution in [0.3, 0.4) is 0 Å². The van der Waals surface area contributed by atoms with Gasteiger partial charge in [0.1, 0.15) is 5.75 Å². The van der Waals surface area contributed by atoms with Crippen LogP contribution in [0.4, 0.5) is 0 Å². The van der Waals surface area contributed by atoms with E-state index in [1.54, 1.807) is 0 Å². The number of nitrogens with zero attached hydrogens (tertiary/aromatic N) is 1. The van der Waals surface area contributed by atoms with E-state index in [-0.39, 0.29) is 0 Å². The Morgan fingerprint density at radius 2 is 2.07 bits per heavy atom. The Labute approximate surface area is 185 Å². The summed E-state index contributed by atoms with van der Waals surface area (Å²) in [5.41, 5.74) is 1.88. The van der Waals surface area contributed by atoms with E-state index in [1.165, 1.54) is 62.2 Å². The fraction of sp³-hybridized carbons (Fsp3) is 0.520. The first-order chi connectivity index (χ1) is 14.2. The number of ether oxygens (including phenoxy) is 1. The summed E-state index contributed by atoms with van der Waals surface area (Å²) >= 11 is 8.16. The number of hydrogen-bond donors (Lipinski definition) is 0. The van der Waals surface area contributed by atoms with Gasteiger partial charge in [-0.25, -0.2) is 0 Å². The van der Waals surface area contributed by atoms with Gasteiger partial charge in [0.2, 0.25) is 0 Å². The van der Waals surface area contributed by atoms with E-state index in [0.29, 0.717) is 5.41 Å². The van der Waals surface area contributed by atoms with Crippen LogP contribution in [-0.4, -0.2) is 36.9 Å². The minimum atomic E-state index is 0.371. The van der Waals surface area contributed by atoms with Gasteiger partial charge in [-0.2, -0.15) is 0 Å². The molecule has 156 valence electrons. The predicted molar refractivity (Wildman–Crippen MR) is 124 cm³/mol. The molecule has 4 rings (SSSR count). The lowest BCUT2D eigenvalue weighted by molar-refractivity contribution is 0.111. The van der Waals surface area contributed by atoms with Gasteiger partial charge in [0.05, 0.1) is 11.6 Å². The van der Waals surface area contributed by atoms with Gasteiger partial charge in [-0.15, -0.1) is 11.8 Å². The molecule has 1 aliphatic carbocycles. The highest BCUT2D eigenvalue weighted by Gasteiger charge is 2.47. The monoisotopic (exact) mass is 429 g/mol.